The third-order valence-electron chi connectivity index (χ3n) is 5.49. The van der Waals surface area contributed by atoms with Crippen LogP contribution in [0.15, 0.2) is 46.4 Å². The average molecular weight is 370 g/mol. The number of furan rings is 1. The van der Waals surface area contributed by atoms with E-state index in [4.69, 9.17) is 18.6 Å². The lowest BCUT2D eigenvalue weighted by atomic mass is 9.87. The first-order valence-corrected chi connectivity index (χ1v) is 8.91. The highest BCUT2D eigenvalue weighted by atomic mass is 16.6. The van der Waals surface area contributed by atoms with Gasteiger partial charge in [-0.1, -0.05) is 24.3 Å². The Morgan fingerprint density at radius 1 is 1.26 bits per heavy atom. The maximum atomic E-state index is 12.4. The lowest BCUT2D eigenvalue weighted by molar-refractivity contribution is -0.140. The number of fused-ring (bicyclic) bond motifs is 5. The third kappa shape index (κ3) is 2.84. The van der Waals surface area contributed by atoms with Gasteiger partial charge in [-0.15, -0.1) is 0 Å². The molecule has 5 atom stereocenters. The van der Waals surface area contributed by atoms with Gasteiger partial charge in [-0.05, 0) is 26.0 Å². The van der Waals surface area contributed by atoms with Crippen molar-refractivity contribution in [1.82, 2.24) is 0 Å². The summed E-state index contributed by atoms with van der Waals surface area (Å²) in [6, 6.07) is 1.67. The molecular formula is C21H22O6. The van der Waals surface area contributed by atoms with Gasteiger partial charge in [-0.2, -0.15) is 0 Å². The third-order valence-corrected chi connectivity index (χ3v) is 5.49. The van der Waals surface area contributed by atoms with Crippen LogP contribution in [0.3, 0.4) is 0 Å². The van der Waals surface area contributed by atoms with Crippen molar-refractivity contribution in [1.29, 1.82) is 0 Å². The van der Waals surface area contributed by atoms with Crippen molar-refractivity contribution < 1.29 is 28.2 Å². The van der Waals surface area contributed by atoms with Gasteiger partial charge in [0.05, 0.1) is 24.7 Å². The van der Waals surface area contributed by atoms with Crippen molar-refractivity contribution in [2.45, 2.75) is 44.5 Å². The topological polar surface area (TPSA) is 78.3 Å². The zero-order chi connectivity index (χ0) is 19.5. The molecule has 0 unspecified atom stereocenters. The highest BCUT2D eigenvalue weighted by Crippen LogP contribution is 2.45. The summed E-state index contributed by atoms with van der Waals surface area (Å²) >= 11 is 0. The molecule has 0 radical (unpaired) electrons. The molecule has 1 saturated heterocycles. The Morgan fingerprint density at radius 2 is 2.00 bits per heavy atom. The Labute approximate surface area is 157 Å². The first-order chi connectivity index (χ1) is 12.8. The molecule has 3 aliphatic rings. The number of methoxy groups -OCH3 is 1. The summed E-state index contributed by atoms with van der Waals surface area (Å²) in [5.41, 5.74) is 2.58. The fourth-order valence-electron chi connectivity index (χ4n) is 4.02. The molecule has 0 aromatic carbocycles. The van der Waals surface area contributed by atoms with Crippen LogP contribution < -0.4 is 0 Å². The van der Waals surface area contributed by atoms with Gasteiger partial charge in [0.25, 0.3) is 0 Å². The fourth-order valence-corrected chi connectivity index (χ4v) is 4.02. The van der Waals surface area contributed by atoms with Crippen LogP contribution in [0.4, 0.5) is 0 Å². The summed E-state index contributed by atoms with van der Waals surface area (Å²) in [5, 5.41) is 0. The van der Waals surface area contributed by atoms with Crippen LogP contribution in [-0.2, 0) is 25.4 Å². The van der Waals surface area contributed by atoms with Crippen molar-refractivity contribution >= 4 is 11.9 Å². The van der Waals surface area contributed by atoms with Gasteiger partial charge in [-0.3, -0.25) is 0 Å². The van der Waals surface area contributed by atoms with Crippen LogP contribution in [-0.4, -0.2) is 37.4 Å². The smallest absolute Gasteiger partial charge is 0.341 e. The monoisotopic (exact) mass is 370 g/mol. The zero-order valence-corrected chi connectivity index (χ0v) is 15.6. The van der Waals surface area contributed by atoms with Gasteiger partial charge in [-0.25, -0.2) is 9.59 Å². The second kappa shape index (κ2) is 6.23. The summed E-state index contributed by atoms with van der Waals surface area (Å²) in [7, 11) is 1.34. The van der Waals surface area contributed by atoms with Crippen LogP contribution in [0, 0.1) is 5.92 Å². The van der Waals surface area contributed by atoms with Crippen LogP contribution >= 0.6 is 0 Å². The Balaban J connectivity index is 1.87. The number of epoxide rings is 1. The predicted molar refractivity (Wildman–Crippen MR) is 96.2 cm³/mol. The summed E-state index contributed by atoms with van der Waals surface area (Å²) in [5.74, 6) is -0.260. The number of rotatable bonds is 3. The van der Waals surface area contributed by atoms with E-state index in [0.29, 0.717) is 29.1 Å². The van der Waals surface area contributed by atoms with Gasteiger partial charge in [0.1, 0.15) is 29.3 Å². The highest BCUT2D eigenvalue weighted by Gasteiger charge is 2.53. The lowest BCUT2D eigenvalue weighted by Gasteiger charge is -2.20. The lowest BCUT2D eigenvalue weighted by Crippen LogP contribution is -2.20. The summed E-state index contributed by atoms with van der Waals surface area (Å²) < 4.78 is 22.4. The van der Waals surface area contributed by atoms with Gasteiger partial charge < -0.3 is 18.6 Å². The van der Waals surface area contributed by atoms with E-state index >= 15 is 0 Å². The maximum Gasteiger partial charge on any atom is 0.341 e. The zero-order valence-electron chi connectivity index (χ0n) is 15.6. The van der Waals surface area contributed by atoms with Crippen molar-refractivity contribution in [3.8, 4) is 0 Å². The molecule has 1 aromatic rings. The van der Waals surface area contributed by atoms with E-state index in [1.165, 1.54) is 7.11 Å². The summed E-state index contributed by atoms with van der Waals surface area (Å²) in [6.45, 7) is 11.8. The van der Waals surface area contributed by atoms with Gasteiger partial charge in [0, 0.05) is 12.3 Å². The Bertz CT molecular complexity index is 888. The first-order valence-electron chi connectivity index (χ1n) is 8.91. The van der Waals surface area contributed by atoms with Crippen LogP contribution in [0.1, 0.15) is 41.6 Å². The second-order valence-electron chi connectivity index (χ2n) is 7.47. The van der Waals surface area contributed by atoms with E-state index in [1.807, 2.05) is 13.8 Å². The van der Waals surface area contributed by atoms with Crippen LogP contribution in [0.2, 0.25) is 0 Å². The van der Waals surface area contributed by atoms with Crippen molar-refractivity contribution in [2.75, 3.05) is 7.11 Å². The molecule has 1 aromatic heterocycles. The molecular weight excluding hydrogens is 348 g/mol. The molecule has 142 valence electrons. The predicted octanol–water partition coefficient (Wildman–Crippen LogP) is 3.09. The van der Waals surface area contributed by atoms with E-state index in [1.54, 1.807) is 12.1 Å². The van der Waals surface area contributed by atoms with Gasteiger partial charge in [0.15, 0.2) is 0 Å². The number of carbonyl (C=O) groups is 2. The summed E-state index contributed by atoms with van der Waals surface area (Å²) in [4.78, 5) is 24.7. The molecule has 1 fully saturated rings. The van der Waals surface area contributed by atoms with Crippen molar-refractivity contribution in [2.24, 2.45) is 5.92 Å². The van der Waals surface area contributed by atoms with E-state index in [-0.39, 0.29) is 30.0 Å². The minimum Gasteiger partial charge on any atom is -0.465 e. The highest BCUT2D eigenvalue weighted by molar-refractivity contribution is 5.93. The average Bonchev–Trinajstić information content (AvgIpc) is 3.12. The Hall–Kier alpha value is -2.60. The molecule has 6 nitrogen and oxygen atoms in total. The molecule has 0 spiro atoms. The maximum absolute atomic E-state index is 12.4. The van der Waals surface area contributed by atoms with E-state index in [2.05, 4.69) is 13.2 Å². The number of esters is 2. The Morgan fingerprint density at radius 3 is 2.63 bits per heavy atom. The van der Waals surface area contributed by atoms with E-state index < -0.39 is 12.1 Å². The molecule has 0 N–H and O–H groups in total. The number of carbonyl (C=O) groups excluding carboxylic acids is 2. The first kappa shape index (κ1) is 17.8. The molecule has 3 aliphatic heterocycles. The Kier molecular flexibility index (Phi) is 4.11. The normalized spacial score (nSPS) is 31.1. The number of hydrogen-bond acceptors (Lipinski definition) is 6. The SMILES string of the molecule is C=C(C)[C@@H]1c2cc(C(=O)OC)c(o2)C[C@@H](C(=C)C)[C@H]2O[C@H]2C2=C[C@H]1OC2=O. The molecule has 0 amide bonds. The van der Waals surface area contributed by atoms with Crippen molar-refractivity contribution in [3.05, 3.63) is 59.1 Å². The molecule has 27 heavy (non-hydrogen) atoms. The van der Waals surface area contributed by atoms with Gasteiger partial charge >= 0.3 is 11.9 Å². The fraction of sp³-hybridized carbons (Fsp3) is 0.429. The minimum atomic E-state index is -0.541. The second-order valence-corrected chi connectivity index (χ2v) is 7.47. The standard InChI is InChI=1S/C21H22O6/c1-9(2)11-6-14-12(20(22)24-5)7-15(25-14)17(10(3)4)16-8-13(21(23)26-16)19-18(11)27-19/h7-8,11,16-19H,1,3,6H2,2,4-5H3/t11-,16+,17+,18+,19-/m0/s1. The van der Waals surface area contributed by atoms with E-state index in [9.17, 15) is 9.59 Å². The van der Waals surface area contributed by atoms with E-state index in [0.717, 1.165) is 11.1 Å². The van der Waals surface area contributed by atoms with Crippen LogP contribution in [0.25, 0.3) is 0 Å². The molecule has 0 aliphatic carbocycles. The molecule has 4 rings (SSSR count). The quantitative estimate of drug-likeness (QED) is 0.462. The van der Waals surface area contributed by atoms with Gasteiger partial charge in [0.2, 0.25) is 0 Å². The number of ether oxygens (including phenoxy) is 3. The van der Waals surface area contributed by atoms with Crippen LogP contribution in [0.5, 0.6) is 0 Å². The molecule has 4 bridgehead atoms. The molecule has 0 saturated carbocycles. The summed E-state index contributed by atoms with van der Waals surface area (Å²) in [6.07, 6.45) is 1.19. The largest absolute Gasteiger partial charge is 0.465 e. The number of hydrogen-bond donors (Lipinski definition) is 0. The molecule has 4 heterocycles. The molecule has 6 heteroatoms. The van der Waals surface area contributed by atoms with Crippen molar-refractivity contribution in [3.63, 3.8) is 0 Å². The minimum absolute atomic E-state index is 0.0912.